The van der Waals surface area contributed by atoms with Crippen LogP contribution in [-0.2, 0) is 16.1 Å². The van der Waals surface area contributed by atoms with Crippen LogP contribution in [0, 0.1) is 0 Å². The largest absolute Gasteiger partial charge is 0.490 e. The monoisotopic (exact) mass is 524 g/mol. The predicted molar refractivity (Wildman–Crippen MR) is 143 cm³/mol. The Morgan fingerprint density at radius 1 is 1.08 bits per heavy atom. The molecule has 9 heteroatoms. The van der Waals surface area contributed by atoms with Crippen molar-refractivity contribution in [3.63, 3.8) is 0 Å². The maximum atomic E-state index is 13.3. The molecule has 0 bridgehead atoms. The van der Waals surface area contributed by atoms with Gasteiger partial charge in [-0.1, -0.05) is 50.4 Å². The second-order valence-corrected chi connectivity index (χ2v) is 9.82. The molecule has 1 aliphatic heterocycles. The zero-order valence-electron chi connectivity index (χ0n) is 21.3. The van der Waals surface area contributed by atoms with Gasteiger partial charge in [-0.15, -0.1) is 0 Å². The summed E-state index contributed by atoms with van der Waals surface area (Å²) in [5.41, 5.74) is 0.420. The highest BCUT2D eigenvalue weighted by molar-refractivity contribution is 6.31. The minimum atomic E-state index is -0.327. The van der Waals surface area contributed by atoms with Gasteiger partial charge in [0, 0.05) is 29.9 Å². The van der Waals surface area contributed by atoms with E-state index in [9.17, 15) is 9.59 Å². The molecule has 0 unspecified atom stereocenters. The number of rotatable bonds is 3. The molecule has 2 heterocycles. The first-order valence-electron chi connectivity index (χ1n) is 12.7. The third-order valence-corrected chi connectivity index (χ3v) is 6.36. The van der Waals surface area contributed by atoms with Gasteiger partial charge in [0.05, 0.1) is 18.8 Å². The minimum absolute atomic E-state index is 0.0732. The van der Waals surface area contributed by atoms with Gasteiger partial charge in [0.15, 0.2) is 17.2 Å². The van der Waals surface area contributed by atoms with E-state index in [1.54, 1.807) is 35.5 Å². The van der Waals surface area contributed by atoms with Crippen LogP contribution in [0.25, 0.3) is 0 Å². The fraction of sp³-hybridized carbons (Fsp3) is 0.393. The molecule has 0 fully saturated rings. The van der Waals surface area contributed by atoms with Gasteiger partial charge in [-0.3, -0.25) is 9.59 Å². The van der Waals surface area contributed by atoms with E-state index in [-0.39, 0.29) is 30.8 Å². The number of aromatic nitrogens is 2. The van der Waals surface area contributed by atoms with Gasteiger partial charge in [-0.25, -0.2) is 4.98 Å². The Hall–Kier alpha value is -3.52. The number of fused-ring (bicyclic) bond motifs is 2. The molecule has 4 rings (SSSR count). The highest BCUT2D eigenvalue weighted by Crippen LogP contribution is 2.36. The van der Waals surface area contributed by atoms with Crippen LogP contribution in [0.3, 0.4) is 0 Å². The Labute approximate surface area is 222 Å². The fourth-order valence-corrected chi connectivity index (χ4v) is 4.43. The van der Waals surface area contributed by atoms with Crippen LogP contribution in [0.2, 0.25) is 5.02 Å². The van der Waals surface area contributed by atoms with Gasteiger partial charge in [-0.05, 0) is 43.2 Å². The van der Waals surface area contributed by atoms with E-state index < -0.39 is 0 Å². The van der Waals surface area contributed by atoms with Gasteiger partial charge < -0.3 is 24.3 Å². The minimum Gasteiger partial charge on any atom is -0.490 e. The van der Waals surface area contributed by atoms with Gasteiger partial charge in [-0.2, -0.15) is 0 Å². The highest BCUT2D eigenvalue weighted by Gasteiger charge is 2.21. The number of para-hydroxylation sites is 2. The van der Waals surface area contributed by atoms with E-state index in [0.717, 1.165) is 31.5 Å². The Bertz CT molecular complexity index is 1230. The molecule has 3 aromatic rings. The lowest BCUT2D eigenvalue weighted by Gasteiger charge is -2.24. The second kappa shape index (κ2) is 12.6. The van der Waals surface area contributed by atoms with Crippen molar-refractivity contribution >= 4 is 29.1 Å². The van der Waals surface area contributed by atoms with E-state index in [0.29, 0.717) is 41.1 Å². The molecule has 0 radical (unpaired) electrons. The molecule has 8 nitrogen and oxygen atoms in total. The lowest BCUT2D eigenvalue weighted by Crippen LogP contribution is -2.40. The number of carbonyl (C=O) groups excluding carboxylic acids is 2. The number of hydrogen-bond donors (Lipinski definition) is 1. The molecule has 37 heavy (non-hydrogen) atoms. The molecule has 2 aromatic carbocycles. The Morgan fingerprint density at radius 2 is 1.86 bits per heavy atom. The van der Waals surface area contributed by atoms with Crippen molar-refractivity contribution < 1.29 is 19.1 Å². The third-order valence-electron chi connectivity index (χ3n) is 6.12. The molecule has 2 amide bonds. The zero-order valence-corrected chi connectivity index (χ0v) is 22.0. The SMILES string of the molecule is CC(C)c1nccn1CC(=O)N1CCCCCCOc2ccccc2Oc2ccc(Cl)cc2NC(=O)C1. The van der Waals surface area contributed by atoms with E-state index in [4.69, 9.17) is 21.1 Å². The van der Waals surface area contributed by atoms with Crippen LogP contribution in [-0.4, -0.2) is 46.0 Å². The summed E-state index contributed by atoms with van der Waals surface area (Å²) >= 11 is 6.23. The van der Waals surface area contributed by atoms with Crippen molar-refractivity contribution in [2.45, 2.75) is 52.0 Å². The topological polar surface area (TPSA) is 85.7 Å². The summed E-state index contributed by atoms with van der Waals surface area (Å²) in [6.45, 7) is 5.19. The summed E-state index contributed by atoms with van der Waals surface area (Å²) < 4.78 is 14.0. The second-order valence-electron chi connectivity index (χ2n) is 9.38. The van der Waals surface area contributed by atoms with Crippen LogP contribution < -0.4 is 14.8 Å². The molecule has 1 aromatic heterocycles. The number of carbonyl (C=O) groups is 2. The van der Waals surface area contributed by atoms with E-state index in [1.807, 2.05) is 42.7 Å². The lowest BCUT2D eigenvalue weighted by molar-refractivity contribution is -0.135. The average molecular weight is 525 g/mol. The summed E-state index contributed by atoms with van der Waals surface area (Å²) in [6.07, 6.45) is 7.05. The van der Waals surface area contributed by atoms with E-state index in [1.165, 1.54) is 0 Å². The number of benzene rings is 2. The van der Waals surface area contributed by atoms with Crippen LogP contribution in [0.15, 0.2) is 54.9 Å². The first kappa shape index (κ1) is 26.5. The Balaban J connectivity index is 1.56. The van der Waals surface area contributed by atoms with Crippen molar-refractivity contribution in [1.29, 1.82) is 0 Å². The summed E-state index contributed by atoms with van der Waals surface area (Å²) in [4.78, 5) is 32.4. The molecule has 0 saturated carbocycles. The maximum absolute atomic E-state index is 13.3. The third kappa shape index (κ3) is 7.26. The number of ether oxygens (including phenoxy) is 2. The number of imidazole rings is 1. The van der Waals surface area contributed by atoms with Crippen molar-refractivity contribution in [3.05, 3.63) is 65.7 Å². The molecule has 0 spiro atoms. The standard InChI is InChI=1S/C28H33ClN4O4/c1-20(2)28-30-13-15-33(28)19-27(35)32-14-7-3-4-8-16-36-24-9-5-6-10-25(24)37-23-12-11-21(29)17-22(23)31-26(34)18-32/h5-6,9-13,15,17,20H,3-4,7-8,14,16,18-19H2,1-2H3,(H,31,34). The number of nitrogens with zero attached hydrogens (tertiary/aromatic N) is 3. The van der Waals surface area contributed by atoms with Gasteiger partial charge in [0.2, 0.25) is 11.8 Å². The molecule has 0 aliphatic carbocycles. The Kier molecular flexibility index (Phi) is 9.06. The Morgan fingerprint density at radius 3 is 2.68 bits per heavy atom. The summed E-state index contributed by atoms with van der Waals surface area (Å²) in [7, 11) is 0. The van der Waals surface area contributed by atoms with Crippen LogP contribution in [0.1, 0.15) is 51.3 Å². The summed E-state index contributed by atoms with van der Waals surface area (Å²) in [5.74, 6) is 2.19. The van der Waals surface area contributed by atoms with Crippen molar-refractivity contribution in [2.24, 2.45) is 0 Å². The first-order valence-corrected chi connectivity index (χ1v) is 13.1. The summed E-state index contributed by atoms with van der Waals surface area (Å²) in [6, 6.07) is 12.5. The number of nitrogens with one attached hydrogen (secondary N) is 1. The van der Waals surface area contributed by atoms with Crippen LogP contribution >= 0.6 is 11.6 Å². The normalized spacial score (nSPS) is 15.2. The lowest BCUT2D eigenvalue weighted by atomic mass is 10.2. The van der Waals surface area contributed by atoms with Crippen LogP contribution in [0.5, 0.6) is 17.2 Å². The number of anilines is 1. The van der Waals surface area contributed by atoms with E-state index >= 15 is 0 Å². The van der Waals surface area contributed by atoms with Gasteiger partial charge >= 0.3 is 0 Å². The summed E-state index contributed by atoms with van der Waals surface area (Å²) in [5, 5.41) is 3.34. The average Bonchev–Trinajstić information content (AvgIpc) is 3.33. The maximum Gasteiger partial charge on any atom is 0.244 e. The number of halogens is 1. The zero-order chi connectivity index (χ0) is 26.2. The molecule has 0 saturated heterocycles. The molecule has 196 valence electrons. The predicted octanol–water partition coefficient (Wildman–Crippen LogP) is 5.87. The smallest absolute Gasteiger partial charge is 0.244 e. The molecular weight excluding hydrogens is 492 g/mol. The molecule has 1 N–H and O–H groups in total. The van der Waals surface area contributed by atoms with Gasteiger partial charge in [0.25, 0.3) is 0 Å². The van der Waals surface area contributed by atoms with E-state index in [2.05, 4.69) is 10.3 Å². The number of amides is 2. The number of hydrogen-bond acceptors (Lipinski definition) is 5. The molecule has 1 aliphatic rings. The van der Waals surface area contributed by atoms with Crippen LogP contribution in [0.4, 0.5) is 5.69 Å². The quantitative estimate of drug-likeness (QED) is 0.463. The van der Waals surface area contributed by atoms with Crippen molar-refractivity contribution in [2.75, 3.05) is 25.0 Å². The fourth-order valence-electron chi connectivity index (χ4n) is 4.26. The highest BCUT2D eigenvalue weighted by atomic mass is 35.5. The van der Waals surface area contributed by atoms with Gasteiger partial charge in [0.1, 0.15) is 12.4 Å². The van der Waals surface area contributed by atoms with Crippen molar-refractivity contribution in [3.8, 4) is 17.2 Å². The molecule has 0 atom stereocenters. The van der Waals surface area contributed by atoms with Crippen molar-refractivity contribution in [1.82, 2.24) is 14.5 Å². The first-order chi connectivity index (χ1) is 17.9. The molecular formula is C28H33ClN4O4.